The van der Waals surface area contributed by atoms with Gasteiger partial charge in [-0.05, 0) is 0 Å². The number of carbonyl (C=O) groups excluding carboxylic acids is 2. The van der Waals surface area contributed by atoms with Crippen molar-refractivity contribution in [2.75, 3.05) is 6.61 Å². The molecule has 12 heteroatoms. The van der Waals surface area contributed by atoms with Crippen LogP contribution in [0.3, 0.4) is 0 Å². The fraction of sp³-hybridized carbons (Fsp3) is 0.667. The Morgan fingerprint density at radius 1 is 1.00 bits per heavy atom. The number of ether oxygens (including phenoxy) is 2. The second-order valence-electron chi connectivity index (χ2n) is 2.18. The quantitative estimate of drug-likeness (QED) is 0.446. The van der Waals surface area contributed by atoms with E-state index in [9.17, 15) is 9.59 Å². The van der Waals surface area contributed by atoms with Crippen LogP contribution in [0, 0.1) is 0 Å². The predicted octanol–water partition coefficient (Wildman–Crippen LogP) is 5.46. The van der Waals surface area contributed by atoms with Gasteiger partial charge in [0.25, 0.3) is 0 Å². The normalized spacial score (nSPS) is 12.3. The van der Waals surface area contributed by atoms with Gasteiger partial charge in [-0.15, -0.1) is 0 Å². The van der Waals surface area contributed by atoms with E-state index in [0.29, 0.717) is 0 Å². The van der Waals surface area contributed by atoms with Gasteiger partial charge in [0.15, 0.2) is 4.84 Å². The van der Waals surface area contributed by atoms with Crippen LogP contribution in [0.1, 0.15) is 0 Å². The van der Waals surface area contributed by atoms with E-state index in [0.717, 1.165) is 0 Å². The standard InChI is InChI=1S/2C3H2Cl4O2/c4-2(8)9-1-3(5,6)7;4-1(5)2(6)9-3(7)8/h1H2;1-2H. The molecule has 1 unspecified atom stereocenters. The Morgan fingerprint density at radius 3 is 1.56 bits per heavy atom. The van der Waals surface area contributed by atoms with Crippen LogP contribution in [-0.4, -0.2) is 31.7 Å². The number of halogens is 8. The first-order chi connectivity index (χ1) is 7.95. The third-order valence-corrected chi connectivity index (χ3v) is 2.33. The average molecular weight is 424 g/mol. The maximum absolute atomic E-state index is 9.90. The smallest absolute Gasteiger partial charge is 0.405 e. The largest absolute Gasteiger partial charge is 0.449 e. The van der Waals surface area contributed by atoms with Gasteiger partial charge >= 0.3 is 10.9 Å². The Labute approximate surface area is 143 Å². The molecule has 0 spiro atoms. The average Bonchev–Trinajstić information content (AvgIpc) is 2.13. The Balaban J connectivity index is 0. The maximum atomic E-state index is 9.90. The second-order valence-corrected chi connectivity index (χ2v) is 6.91. The maximum Gasteiger partial charge on any atom is 0.405 e. The van der Waals surface area contributed by atoms with Gasteiger partial charge < -0.3 is 9.47 Å². The van der Waals surface area contributed by atoms with Crippen LogP contribution in [0.15, 0.2) is 0 Å². The fourth-order valence-corrected chi connectivity index (χ4v) is 0.822. The van der Waals surface area contributed by atoms with Gasteiger partial charge in [-0.1, -0.05) is 69.6 Å². The summed E-state index contributed by atoms with van der Waals surface area (Å²) in [5.74, 6) is 0. The number of carbonyl (C=O) groups is 2. The van der Waals surface area contributed by atoms with Crippen molar-refractivity contribution >= 4 is 104 Å². The lowest BCUT2D eigenvalue weighted by Crippen LogP contribution is -2.14. The van der Waals surface area contributed by atoms with E-state index in [4.69, 9.17) is 92.8 Å². The Hall–Kier alpha value is 1.26. The summed E-state index contributed by atoms with van der Waals surface area (Å²) in [5.41, 5.74) is -3.10. The first kappa shape index (κ1) is 21.6. The lowest BCUT2D eigenvalue weighted by Gasteiger charge is -2.07. The third-order valence-electron chi connectivity index (χ3n) is 0.753. The molecule has 108 valence electrons. The molecular weight excluding hydrogens is 420 g/mol. The lowest BCUT2D eigenvalue weighted by molar-refractivity contribution is 0.164. The summed E-state index contributed by atoms with van der Waals surface area (Å²) >= 11 is 40.6. The van der Waals surface area contributed by atoms with Gasteiger partial charge in [0.05, 0.1) is 0 Å². The highest BCUT2D eigenvalue weighted by Gasteiger charge is 2.21. The minimum absolute atomic E-state index is 0.333. The van der Waals surface area contributed by atoms with Gasteiger partial charge in [-0.2, -0.15) is 0 Å². The Morgan fingerprint density at radius 2 is 1.44 bits per heavy atom. The van der Waals surface area contributed by atoms with Crippen molar-refractivity contribution in [2.45, 2.75) is 14.2 Å². The molecule has 0 aliphatic rings. The summed E-state index contributed by atoms with van der Waals surface area (Å²) in [6, 6.07) is 0. The summed E-state index contributed by atoms with van der Waals surface area (Å²) in [6.07, 6.45) is 0. The molecule has 0 aliphatic heterocycles. The van der Waals surface area contributed by atoms with Gasteiger partial charge in [0.1, 0.15) is 6.61 Å². The lowest BCUT2D eigenvalue weighted by atomic mass is 10.8. The topological polar surface area (TPSA) is 52.6 Å². The van der Waals surface area contributed by atoms with Gasteiger partial charge in [0.2, 0.25) is 9.36 Å². The van der Waals surface area contributed by atoms with Crippen molar-refractivity contribution in [2.24, 2.45) is 0 Å². The zero-order valence-corrected chi connectivity index (χ0v) is 14.1. The molecule has 0 aromatic rings. The van der Waals surface area contributed by atoms with Gasteiger partial charge in [0, 0.05) is 23.2 Å². The van der Waals surface area contributed by atoms with Gasteiger partial charge in [-0.25, -0.2) is 9.59 Å². The Kier molecular flexibility index (Phi) is 13.1. The Bertz CT molecular complexity index is 265. The SMILES string of the molecule is O=C(Cl)OC(Cl)C(Cl)Cl.O=C(Cl)OCC(Cl)(Cl)Cl. The molecule has 0 N–H and O–H groups in total. The van der Waals surface area contributed by atoms with Crippen molar-refractivity contribution in [3.05, 3.63) is 0 Å². The first-order valence-corrected chi connectivity index (χ1v) is 6.83. The van der Waals surface area contributed by atoms with E-state index in [-0.39, 0.29) is 6.61 Å². The summed E-state index contributed by atoms with van der Waals surface area (Å²) in [6.45, 7) is -0.333. The molecule has 0 aromatic heterocycles. The molecule has 4 nitrogen and oxygen atoms in total. The summed E-state index contributed by atoms with van der Waals surface area (Å²) in [5, 5.41) is 0. The summed E-state index contributed by atoms with van der Waals surface area (Å²) in [7, 11) is 0. The molecule has 0 aliphatic carbocycles. The molecule has 0 heterocycles. The molecule has 0 amide bonds. The fourth-order valence-electron chi connectivity index (χ4n) is 0.279. The summed E-state index contributed by atoms with van der Waals surface area (Å²) in [4.78, 5) is 18.8. The van der Waals surface area contributed by atoms with Crippen LogP contribution in [0.5, 0.6) is 0 Å². The molecule has 0 saturated heterocycles. The molecule has 0 bridgehead atoms. The molecular formula is C6H4Cl8O4. The van der Waals surface area contributed by atoms with Crippen LogP contribution in [-0.2, 0) is 9.47 Å². The van der Waals surface area contributed by atoms with Crippen LogP contribution in [0.4, 0.5) is 9.59 Å². The third kappa shape index (κ3) is 19.6. The molecule has 18 heavy (non-hydrogen) atoms. The number of rotatable bonds is 3. The van der Waals surface area contributed by atoms with E-state index in [1.54, 1.807) is 0 Å². The zero-order valence-electron chi connectivity index (χ0n) is 8.02. The highest BCUT2D eigenvalue weighted by molar-refractivity contribution is 6.68. The predicted molar refractivity (Wildman–Crippen MR) is 75.0 cm³/mol. The minimum Gasteiger partial charge on any atom is -0.449 e. The van der Waals surface area contributed by atoms with E-state index in [1.807, 2.05) is 0 Å². The molecule has 0 rings (SSSR count). The number of hydrogen-bond acceptors (Lipinski definition) is 4. The molecule has 1 atom stereocenters. The van der Waals surface area contributed by atoms with Gasteiger partial charge in [-0.3, -0.25) is 0 Å². The first-order valence-electron chi connectivity index (χ1n) is 3.63. The van der Waals surface area contributed by atoms with Crippen molar-refractivity contribution in [1.82, 2.24) is 0 Å². The monoisotopic (exact) mass is 420 g/mol. The van der Waals surface area contributed by atoms with Crippen molar-refractivity contribution in [3.8, 4) is 0 Å². The van der Waals surface area contributed by atoms with Crippen LogP contribution in [0.2, 0.25) is 0 Å². The highest BCUT2D eigenvalue weighted by atomic mass is 35.6. The molecule has 0 fully saturated rings. The molecule has 0 saturated carbocycles. The zero-order chi connectivity index (χ0) is 14.9. The van der Waals surface area contributed by atoms with Crippen LogP contribution >= 0.6 is 92.8 Å². The minimum atomic E-state index is -1.58. The molecule has 0 radical (unpaired) electrons. The van der Waals surface area contributed by atoms with Crippen molar-refractivity contribution in [1.29, 1.82) is 0 Å². The number of alkyl halides is 6. The van der Waals surface area contributed by atoms with E-state index < -0.39 is 25.0 Å². The molecule has 0 aromatic carbocycles. The van der Waals surface area contributed by atoms with Crippen molar-refractivity contribution < 1.29 is 19.1 Å². The van der Waals surface area contributed by atoms with E-state index in [1.165, 1.54) is 0 Å². The second kappa shape index (κ2) is 11.0. The van der Waals surface area contributed by atoms with E-state index in [2.05, 4.69) is 9.47 Å². The van der Waals surface area contributed by atoms with E-state index >= 15 is 0 Å². The van der Waals surface area contributed by atoms with Crippen LogP contribution < -0.4 is 0 Å². The summed E-state index contributed by atoms with van der Waals surface area (Å²) < 4.78 is 6.70. The van der Waals surface area contributed by atoms with Crippen molar-refractivity contribution in [3.63, 3.8) is 0 Å². The number of hydrogen-bond donors (Lipinski definition) is 0. The van der Waals surface area contributed by atoms with Crippen LogP contribution in [0.25, 0.3) is 0 Å². The highest BCUT2D eigenvalue weighted by Crippen LogP contribution is 2.26.